The Morgan fingerprint density at radius 2 is 2.12 bits per heavy atom. The monoisotopic (exact) mass is 463 g/mol. The average molecular weight is 463 g/mol. The zero-order valence-electron chi connectivity index (χ0n) is 14.5. The van der Waals surface area contributed by atoms with Crippen molar-refractivity contribution in [2.45, 2.75) is 50.9 Å². The van der Waals surface area contributed by atoms with Crippen LogP contribution in [0.5, 0.6) is 5.75 Å². The van der Waals surface area contributed by atoms with Crippen molar-refractivity contribution in [2.75, 3.05) is 19.7 Å². The third-order valence-corrected chi connectivity index (χ3v) is 4.43. The predicted octanol–water partition coefficient (Wildman–Crippen LogP) is 3.09. The van der Waals surface area contributed by atoms with Crippen molar-refractivity contribution in [2.24, 2.45) is 4.99 Å². The van der Waals surface area contributed by atoms with Crippen molar-refractivity contribution in [1.29, 1.82) is 0 Å². The highest BCUT2D eigenvalue weighted by Gasteiger charge is 2.41. The van der Waals surface area contributed by atoms with Crippen LogP contribution in [0.15, 0.2) is 29.3 Å². The Labute approximate surface area is 165 Å². The van der Waals surface area contributed by atoms with E-state index in [4.69, 9.17) is 9.47 Å². The molecule has 1 aromatic carbocycles. The Kier molecular flexibility index (Phi) is 8.21. The van der Waals surface area contributed by atoms with Gasteiger partial charge >= 0.3 is 0 Å². The topological polar surface area (TPSA) is 54.9 Å². The Morgan fingerprint density at radius 3 is 2.76 bits per heavy atom. The summed E-state index contributed by atoms with van der Waals surface area (Å²) in [5.74, 6) is 1.28. The summed E-state index contributed by atoms with van der Waals surface area (Å²) < 4.78 is 24.3. The van der Waals surface area contributed by atoms with Crippen molar-refractivity contribution >= 4 is 29.9 Å². The van der Waals surface area contributed by atoms with Crippen molar-refractivity contribution in [1.82, 2.24) is 10.6 Å². The summed E-state index contributed by atoms with van der Waals surface area (Å²) in [7, 11) is 0. The number of fused-ring (bicyclic) bond motifs is 2. The molecule has 3 unspecified atom stereocenters. The first-order valence-electron chi connectivity index (χ1n) is 8.83. The lowest BCUT2D eigenvalue weighted by Gasteiger charge is -2.22. The van der Waals surface area contributed by atoms with Crippen molar-refractivity contribution in [3.63, 3.8) is 0 Å². The van der Waals surface area contributed by atoms with Crippen LogP contribution in [0.2, 0.25) is 0 Å². The number of hydrogen-bond acceptors (Lipinski definition) is 3. The molecule has 2 aliphatic heterocycles. The third-order valence-electron chi connectivity index (χ3n) is 4.43. The van der Waals surface area contributed by atoms with Crippen molar-refractivity contribution < 1.29 is 13.9 Å². The molecule has 0 aliphatic carbocycles. The van der Waals surface area contributed by atoms with Gasteiger partial charge in [-0.05, 0) is 50.5 Å². The molecule has 140 valence electrons. The second kappa shape index (κ2) is 10.2. The molecule has 2 saturated heterocycles. The highest BCUT2D eigenvalue weighted by Crippen LogP contribution is 2.34. The Hall–Kier alpha value is -1.09. The van der Waals surface area contributed by atoms with Crippen LogP contribution in [0.3, 0.4) is 0 Å². The van der Waals surface area contributed by atoms with Gasteiger partial charge in [-0.25, -0.2) is 4.39 Å². The Balaban J connectivity index is 0.00000225. The SMILES string of the molecule is CCNC(=NCCCOc1ccc(F)cc1)NC1CC2CCC1O2.I. The number of ether oxygens (including phenoxy) is 2. The van der Waals surface area contributed by atoms with E-state index in [0.29, 0.717) is 37.2 Å². The molecule has 3 rings (SSSR count). The zero-order valence-corrected chi connectivity index (χ0v) is 16.9. The molecule has 2 bridgehead atoms. The number of hydrogen-bond donors (Lipinski definition) is 2. The molecule has 7 heteroatoms. The van der Waals surface area contributed by atoms with Gasteiger partial charge in [-0.3, -0.25) is 4.99 Å². The lowest BCUT2D eigenvalue weighted by molar-refractivity contribution is 0.0992. The van der Waals surface area contributed by atoms with Gasteiger partial charge in [0.1, 0.15) is 11.6 Å². The smallest absolute Gasteiger partial charge is 0.191 e. The number of aliphatic imine (C=N–C) groups is 1. The molecular formula is C18H27FIN3O2. The lowest BCUT2D eigenvalue weighted by atomic mass is 9.96. The first-order chi connectivity index (χ1) is 11.7. The van der Waals surface area contributed by atoms with E-state index in [0.717, 1.165) is 31.8 Å². The minimum atomic E-state index is -0.252. The summed E-state index contributed by atoms with van der Waals surface area (Å²) >= 11 is 0. The number of halogens is 2. The molecule has 1 aromatic rings. The fourth-order valence-corrected chi connectivity index (χ4v) is 3.26. The molecular weight excluding hydrogens is 436 g/mol. The molecule has 2 heterocycles. The minimum absolute atomic E-state index is 0. The van der Waals surface area contributed by atoms with Gasteiger partial charge in [0.05, 0.1) is 24.9 Å². The molecule has 2 fully saturated rings. The maximum absolute atomic E-state index is 12.8. The second-order valence-corrected chi connectivity index (χ2v) is 6.28. The van der Waals surface area contributed by atoms with Gasteiger partial charge in [0, 0.05) is 19.5 Å². The van der Waals surface area contributed by atoms with Crippen LogP contribution in [0.25, 0.3) is 0 Å². The van der Waals surface area contributed by atoms with Crippen LogP contribution in [0.1, 0.15) is 32.6 Å². The van der Waals surface area contributed by atoms with E-state index in [-0.39, 0.29) is 29.8 Å². The highest BCUT2D eigenvalue weighted by molar-refractivity contribution is 14.0. The molecule has 0 amide bonds. The first-order valence-corrected chi connectivity index (χ1v) is 8.83. The number of guanidine groups is 1. The molecule has 2 aliphatic rings. The van der Waals surface area contributed by atoms with E-state index in [2.05, 4.69) is 22.5 Å². The normalized spacial score (nSPS) is 24.7. The molecule has 3 atom stereocenters. The van der Waals surface area contributed by atoms with E-state index in [9.17, 15) is 4.39 Å². The van der Waals surface area contributed by atoms with Gasteiger partial charge in [-0.15, -0.1) is 24.0 Å². The number of benzene rings is 1. The second-order valence-electron chi connectivity index (χ2n) is 6.28. The summed E-state index contributed by atoms with van der Waals surface area (Å²) in [6.45, 7) is 4.13. The molecule has 25 heavy (non-hydrogen) atoms. The van der Waals surface area contributed by atoms with Gasteiger partial charge in [-0.2, -0.15) is 0 Å². The standard InChI is InChI=1S/C18H26FN3O2.HI/c1-2-20-18(22-16-12-15-8-9-17(16)24-15)21-10-3-11-23-14-6-4-13(19)5-7-14;/h4-7,15-17H,2-3,8-12H2,1H3,(H2,20,21,22);1H. The zero-order chi connectivity index (χ0) is 16.8. The van der Waals surface area contributed by atoms with Gasteiger partial charge < -0.3 is 20.1 Å². The molecule has 2 N–H and O–H groups in total. The summed E-state index contributed by atoms with van der Waals surface area (Å²) in [6, 6.07) is 6.45. The van der Waals surface area contributed by atoms with E-state index in [1.807, 2.05) is 0 Å². The van der Waals surface area contributed by atoms with Crippen LogP contribution < -0.4 is 15.4 Å². The number of nitrogens with one attached hydrogen (secondary N) is 2. The molecule has 0 saturated carbocycles. The van der Waals surface area contributed by atoms with Gasteiger partial charge in [0.15, 0.2) is 5.96 Å². The summed E-state index contributed by atoms with van der Waals surface area (Å²) in [5, 5.41) is 6.78. The van der Waals surface area contributed by atoms with Crippen LogP contribution in [0, 0.1) is 5.82 Å². The fraction of sp³-hybridized carbons (Fsp3) is 0.611. The Bertz CT molecular complexity index is 556. The fourth-order valence-electron chi connectivity index (χ4n) is 3.26. The number of rotatable bonds is 7. The van der Waals surface area contributed by atoms with Gasteiger partial charge in [0.2, 0.25) is 0 Å². The molecule has 5 nitrogen and oxygen atoms in total. The molecule has 0 spiro atoms. The van der Waals surface area contributed by atoms with E-state index < -0.39 is 0 Å². The van der Waals surface area contributed by atoms with E-state index in [1.165, 1.54) is 18.6 Å². The van der Waals surface area contributed by atoms with Crippen LogP contribution in [0.4, 0.5) is 4.39 Å². The largest absolute Gasteiger partial charge is 0.494 e. The predicted molar refractivity (Wildman–Crippen MR) is 107 cm³/mol. The summed E-state index contributed by atoms with van der Waals surface area (Å²) in [4.78, 5) is 4.60. The van der Waals surface area contributed by atoms with E-state index >= 15 is 0 Å². The van der Waals surface area contributed by atoms with Crippen molar-refractivity contribution in [3.8, 4) is 5.75 Å². The summed E-state index contributed by atoms with van der Waals surface area (Å²) in [5.41, 5.74) is 0. The maximum atomic E-state index is 12.8. The number of nitrogens with zero attached hydrogens (tertiary/aromatic N) is 1. The average Bonchev–Trinajstić information content (AvgIpc) is 3.19. The maximum Gasteiger partial charge on any atom is 0.191 e. The van der Waals surface area contributed by atoms with Crippen LogP contribution in [-0.4, -0.2) is 43.9 Å². The molecule has 0 aromatic heterocycles. The van der Waals surface area contributed by atoms with Crippen LogP contribution >= 0.6 is 24.0 Å². The lowest BCUT2D eigenvalue weighted by Crippen LogP contribution is -2.47. The Morgan fingerprint density at radius 1 is 1.32 bits per heavy atom. The van der Waals surface area contributed by atoms with Crippen LogP contribution in [-0.2, 0) is 4.74 Å². The quantitative estimate of drug-likeness (QED) is 0.283. The first kappa shape index (κ1) is 20.2. The van der Waals surface area contributed by atoms with Gasteiger partial charge in [0.25, 0.3) is 0 Å². The highest BCUT2D eigenvalue weighted by atomic mass is 127. The van der Waals surface area contributed by atoms with Crippen molar-refractivity contribution in [3.05, 3.63) is 30.1 Å². The summed E-state index contributed by atoms with van der Waals surface area (Å²) in [6.07, 6.45) is 4.98. The van der Waals surface area contributed by atoms with E-state index in [1.54, 1.807) is 12.1 Å². The molecule has 0 radical (unpaired) electrons. The third kappa shape index (κ3) is 5.99. The van der Waals surface area contributed by atoms with Gasteiger partial charge in [-0.1, -0.05) is 0 Å². The minimum Gasteiger partial charge on any atom is -0.494 e.